The summed E-state index contributed by atoms with van der Waals surface area (Å²) < 4.78 is 42.5. The molecule has 0 amide bonds. The number of esters is 1. The fraction of sp³-hybridized carbons (Fsp3) is 0.346. The van der Waals surface area contributed by atoms with Crippen molar-refractivity contribution in [3.63, 3.8) is 0 Å². The van der Waals surface area contributed by atoms with Crippen LogP contribution in [0.3, 0.4) is 0 Å². The van der Waals surface area contributed by atoms with Gasteiger partial charge in [-0.15, -0.1) is 6.42 Å². The molecule has 8 nitrogen and oxygen atoms in total. The van der Waals surface area contributed by atoms with Crippen LogP contribution in [0.2, 0.25) is 0 Å². The van der Waals surface area contributed by atoms with Gasteiger partial charge in [-0.25, -0.2) is 13.2 Å². The van der Waals surface area contributed by atoms with Gasteiger partial charge in [-0.1, -0.05) is 36.0 Å². The van der Waals surface area contributed by atoms with Crippen molar-refractivity contribution in [3.05, 3.63) is 48.0 Å². The number of carbonyl (C=O) groups is 1. The van der Waals surface area contributed by atoms with Crippen molar-refractivity contribution in [2.75, 3.05) is 47.1 Å². The van der Waals surface area contributed by atoms with E-state index in [1.54, 1.807) is 31.4 Å². The molecule has 0 aromatic heterocycles. The first-order valence-electron chi connectivity index (χ1n) is 10.9. The van der Waals surface area contributed by atoms with E-state index in [0.29, 0.717) is 31.1 Å². The van der Waals surface area contributed by atoms with E-state index in [1.165, 1.54) is 6.07 Å². The molecule has 1 atom stereocenters. The van der Waals surface area contributed by atoms with Crippen molar-refractivity contribution >= 4 is 15.8 Å². The molecular formula is C26H28N2O6S. The highest BCUT2D eigenvalue weighted by Crippen LogP contribution is 2.31. The summed E-state index contributed by atoms with van der Waals surface area (Å²) in [6.45, 7) is 3.08. The van der Waals surface area contributed by atoms with Crippen LogP contribution in [0.1, 0.15) is 12.0 Å². The average molecular weight is 497 g/mol. The van der Waals surface area contributed by atoms with Gasteiger partial charge in [0.25, 0.3) is 0 Å². The van der Waals surface area contributed by atoms with E-state index >= 15 is 0 Å². The first-order valence-corrected chi connectivity index (χ1v) is 12.4. The Morgan fingerprint density at radius 1 is 1.11 bits per heavy atom. The van der Waals surface area contributed by atoms with Gasteiger partial charge in [-0.05, 0) is 35.4 Å². The second-order valence-corrected chi connectivity index (χ2v) is 10.1. The predicted molar refractivity (Wildman–Crippen MR) is 132 cm³/mol. The minimum atomic E-state index is -4.47. The zero-order valence-electron chi connectivity index (χ0n) is 19.7. The van der Waals surface area contributed by atoms with E-state index in [4.69, 9.17) is 26.4 Å². The topological polar surface area (TPSA) is 108 Å². The van der Waals surface area contributed by atoms with Crippen LogP contribution in [-0.2, 0) is 24.1 Å². The number of carbonyl (C=O) groups excluding carboxylic acids is 1. The molecule has 1 aliphatic heterocycles. The molecule has 0 spiro atoms. The van der Waals surface area contributed by atoms with Crippen molar-refractivity contribution in [3.8, 4) is 41.1 Å². The van der Waals surface area contributed by atoms with Crippen molar-refractivity contribution in [2.24, 2.45) is 5.73 Å². The second kappa shape index (κ2) is 11.4. The van der Waals surface area contributed by atoms with Crippen LogP contribution in [0.5, 0.6) is 5.75 Å². The molecule has 2 aromatic rings. The first-order chi connectivity index (χ1) is 16.8. The SMILES string of the molecule is C#Cc1cc(-c2ccc(OC)cc2)ccc1S(=O)(=O)C(N)(CC#CCN1CCOCC1)C(=O)OC. The molecule has 0 saturated carbocycles. The van der Waals surface area contributed by atoms with Crippen LogP contribution >= 0.6 is 0 Å². The lowest BCUT2D eigenvalue weighted by Crippen LogP contribution is -2.55. The highest BCUT2D eigenvalue weighted by atomic mass is 32.2. The number of benzene rings is 2. The summed E-state index contributed by atoms with van der Waals surface area (Å²) in [6, 6.07) is 11.8. The lowest BCUT2D eigenvalue weighted by Gasteiger charge is -2.26. The van der Waals surface area contributed by atoms with E-state index in [2.05, 4.69) is 22.7 Å². The molecule has 35 heavy (non-hydrogen) atoms. The fourth-order valence-electron chi connectivity index (χ4n) is 3.61. The summed E-state index contributed by atoms with van der Waals surface area (Å²) in [5.74, 6) is 7.63. The smallest absolute Gasteiger partial charge is 0.343 e. The number of methoxy groups -OCH3 is 2. The van der Waals surface area contributed by atoms with E-state index in [-0.39, 0.29) is 10.5 Å². The summed E-state index contributed by atoms with van der Waals surface area (Å²) in [4.78, 5) is 12.0. The minimum Gasteiger partial charge on any atom is -0.497 e. The number of ether oxygens (including phenoxy) is 3. The lowest BCUT2D eigenvalue weighted by atomic mass is 10.0. The van der Waals surface area contributed by atoms with E-state index in [9.17, 15) is 13.2 Å². The van der Waals surface area contributed by atoms with Crippen LogP contribution in [0, 0.1) is 24.2 Å². The Balaban J connectivity index is 1.93. The number of hydrogen-bond acceptors (Lipinski definition) is 8. The molecule has 184 valence electrons. The van der Waals surface area contributed by atoms with Gasteiger partial charge in [0.15, 0.2) is 0 Å². The molecule has 0 bridgehead atoms. The molecule has 1 saturated heterocycles. The number of nitrogens with zero attached hydrogens (tertiary/aromatic N) is 1. The number of nitrogens with two attached hydrogens (primary N) is 1. The Bertz CT molecular complexity index is 1270. The van der Waals surface area contributed by atoms with Crippen LogP contribution in [-0.4, -0.2) is 71.2 Å². The van der Waals surface area contributed by atoms with E-state index in [0.717, 1.165) is 25.8 Å². The Morgan fingerprint density at radius 2 is 1.77 bits per heavy atom. The van der Waals surface area contributed by atoms with Crippen LogP contribution in [0.4, 0.5) is 0 Å². The Labute approximate surface area is 206 Å². The molecule has 9 heteroatoms. The number of hydrogen-bond donors (Lipinski definition) is 1. The van der Waals surface area contributed by atoms with Crippen molar-refractivity contribution in [2.45, 2.75) is 16.2 Å². The Morgan fingerprint density at radius 3 is 2.37 bits per heavy atom. The van der Waals surface area contributed by atoms with Crippen LogP contribution in [0.15, 0.2) is 47.4 Å². The van der Waals surface area contributed by atoms with Crippen molar-refractivity contribution in [1.29, 1.82) is 0 Å². The number of morpholine rings is 1. The molecule has 3 rings (SSSR count). The highest BCUT2D eigenvalue weighted by molar-refractivity contribution is 7.93. The lowest BCUT2D eigenvalue weighted by molar-refractivity contribution is -0.143. The summed E-state index contributed by atoms with van der Waals surface area (Å²) in [7, 11) is -1.82. The summed E-state index contributed by atoms with van der Waals surface area (Å²) in [6.07, 6.45) is 5.21. The molecule has 1 unspecified atom stereocenters. The maximum absolute atomic E-state index is 13.6. The normalized spacial score (nSPS) is 15.7. The molecule has 0 radical (unpaired) electrons. The molecule has 1 fully saturated rings. The van der Waals surface area contributed by atoms with E-state index in [1.807, 2.05) is 12.1 Å². The van der Waals surface area contributed by atoms with Gasteiger partial charge in [-0.3, -0.25) is 4.90 Å². The highest BCUT2D eigenvalue weighted by Gasteiger charge is 2.49. The van der Waals surface area contributed by atoms with Gasteiger partial charge in [-0.2, -0.15) is 0 Å². The zero-order chi connectivity index (χ0) is 25.5. The second-order valence-electron chi connectivity index (χ2n) is 7.89. The Kier molecular flexibility index (Phi) is 8.55. The maximum Gasteiger partial charge on any atom is 0.343 e. The quantitative estimate of drug-likeness (QED) is 0.456. The third kappa shape index (κ3) is 5.67. The number of sulfone groups is 1. The zero-order valence-corrected chi connectivity index (χ0v) is 20.6. The summed E-state index contributed by atoms with van der Waals surface area (Å²) in [5, 5.41) is 0. The molecule has 1 aliphatic rings. The van der Waals surface area contributed by atoms with Crippen molar-refractivity contribution in [1.82, 2.24) is 4.90 Å². The largest absolute Gasteiger partial charge is 0.497 e. The van der Waals surface area contributed by atoms with Gasteiger partial charge in [0.05, 0.1) is 45.3 Å². The Hall–Kier alpha value is -3.34. The van der Waals surface area contributed by atoms with Gasteiger partial charge in [0, 0.05) is 18.7 Å². The van der Waals surface area contributed by atoms with Gasteiger partial charge >= 0.3 is 5.97 Å². The summed E-state index contributed by atoms with van der Waals surface area (Å²) in [5.41, 5.74) is 7.80. The molecule has 2 aromatic carbocycles. The van der Waals surface area contributed by atoms with Crippen LogP contribution < -0.4 is 10.5 Å². The van der Waals surface area contributed by atoms with E-state index < -0.39 is 27.1 Å². The fourth-order valence-corrected chi connectivity index (χ4v) is 5.22. The molecule has 0 aliphatic carbocycles. The van der Waals surface area contributed by atoms with Gasteiger partial charge in [0.2, 0.25) is 14.7 Å². The monoisotopic (exact) mass is 496 g/mol. The third-order valence-electron chi connectivity index (χ3n) is 5.74. The third-order valence-corrected chi connectivity index (χ3v) is 7.95. The van der Waals surface area contributed by atoms with Crippen molar-refractivity contribution < 1.29 is 27.4 Å². The molecular weight excluding hydrogens is 468 g/mol. The predicted octanol–water partition coefficient (Wildman–Crippen LogP) is 1.67. The van der Waals surface area contributed by atoms with Crippen LogP contribution in [0.25, 0.3) is 11.1 Å². The standard InChI is InChI=1S/C26H28N2O6S/c1-4-20-19-22(21-7-10-23(32-2)11-8-21)9-12-24(20)35(30,31)26(27,25(29)33-3)13-5-6-14-28-15-17-34-18-16-28/h1,7-12,19H,13-18,27H2,2-3H3. The minimum absolute atomic E-state index is 0.0818. The molecule has 1 heterocycles. The average Bonchev–Trinajstić information content (AvgIpc) is 2.90. The summed E-state index contributed by atoms with van der Waals surface area (Å²) >= 11 is 0. The first kappa shape index (κ1) is 26.3. The van der Waals surface area contributed by atoms with Gasteiger partial charge < -0.3 is 19.9 Å². The molecule has 2 N–H and O–H groups in total. The maximum atomic E-state index is 13.6. The number of rotatable bonds is 7. The number of terminal acetylenes is 1. The van der Waals surface area contributed by atoms with Gasteiger partial charge in [0.1, 0.15) is 5.75 Å².